The molecule has 0 saturated heterocycles. The maximum absolute atomic E-state index is 1.93. The van der Waals surface area contributed by atoms with Gasteiger partial charge in [0, 0.05) is 0 Å². The van der Waals surface area contributed by atoms with Crippen molar-refractivity contribution in [3.63, 3.8) is 0 Å². The molecule has 0 aromatic rings. The summed E-state index contributed by atoms with van der Waals surface area (Å²) in [5.41, 5.74) is 0. The first kappa shape index (κ1) is 7.60. The summed E-state index contributed by atoms with van der Waals surface area (Å²) in [6, 6.07) is 0. The maximum atomic E-state index is 1.93. The SMILES string of the molecule is C1[C]2CC3CC1CC(C2)C3.N. The standard InChI is InChI=1S/C10H15.H3N/c1-7-2-9-4-8(1)5-10(3-7)6-9;/h7-9H,1-6H2;1H3. The van der Waals surface area contributed by atoms with Crippen molar-refractivity contribution in [2.24, 2.45) is 17.8 Å². The lowest BCUT2D eigenvalue weighted by Gasteiger charge is -2.49. The van der Waals surface area contributed by atoms with E-state index >= 15 is 0 Å². The second kappa shape index (κ2) is 2.48. The van der Waals surface area contributed by atoms with Crippen molar-refractivity contribution in [2.75, 3.05) is 0 Å². The first-order valence-corrected chi connectivity index (χ1v) is 4.73. The van der Waals surface area contributed by atoms with E-state index in [1.807, 2.05) is 5.92 Å². The van der Waals surface area contributed by atoms with Crippen LogP contribution in [0.4, 0.5) is 0 Å². The van der Waals surface area contributed by atoms with Crippen LogP contribution in [0.25, 0.3) is 0 Å². The summed E-state index contributed by atoms with van der Waals surface area (Å²) in [6.45, 7) is 0. The van der Waals surface area contributed by atoms with Gasteiger partial charge in [-0.1, -0.05) is 0 Å². The molecule has 1 radical (unpaired) electrons. The Morgan fingerprint density at radius 2 is 1.09 bits per heavy atom. The summed E-state index contributed by atoms with van der Waals surface area (Å²) in [5, 5.41) is 0. The summed E-state index contributed by atoms with van der Waals surface area (Å²) < 4.78 is 0. The van der Waals surface area contributed by atoms with Crippen molar-refractivity contribution >= 4 is 0 Å². The molecule has 0 aromatic carbocycles. The van der Waals surface area contributed by atoms with Gasteiger partial charge in [0.15, 0.2) is 0 Å². The van der Waals surface area contributed by atoms with E-state index in [1.54, 1.807) is 19.3 Å². The molecular formula is C10H18N. The third-order valence-electron chi connectivity index (χ3n) is 3.73. The van der Waals surface area contributed by atoms with E-state index in [1.165, 1.54) is 19.3 Å². The van der Waals surface area contributed by atoms with Crippen molar-refractivity contribution in [1.82, 2.24) is 6.15 Å². The van der Waals surface area contributed by atoms with Gasteiger partial charge < -0.3 is 6.15 Å². The summed E-state index contributed by atoms with van der Waals surface area (Å²) >= 11 is 0. The van der Waals surface area contributed by atoms with Crippen LogP contribution in [-0.2, 0) is 0 Å². The average molecular weight is 152 g/mol. The van der Waals surface area contributed by atoms with Gasteiger partial charge >= 0.3 is 0 Å². The fraction of sp³-hybridized carbons (Fsp3) is 0.900. The average Bonchev–Trinajstić information content (AvgIpc) is 1.82. The van der Waals surface area contributed by atoms with Crippen molar-refractivity contribution < 1.29 is 0 Å². The van der Waals surface area contributed by atoms with E-state index in [0.717, 1.165) is 17.8 Å². The van der Waals surface area contributed by atoms with Crippen LogP contribution in [0.15, 0.2) is 0 Å². The molecule has 4 rings (SSSR count). The van der Waals surface area contributed by atoms with Gasteiger partial charge in [-0.25, -0.2) is 0 Å². The van der Waals surface area contributed by atoms with Gasteiger partial charge in [0.1, 0.15) is 0 Å². The van der Waals surface area contributed by atoms with Gasteiger partial charge in [0.2, 0.25) is 0 Å². The predicted octanol–water partition coefficient (Wildman–Crippen LogP) is 2.95. The third-order valence-corrected chi connectivity index (χ3v) is 3.73. The molecule has 1 nitrogen and oxygen atoms in total. The molecule has 4 saturated carbocycles. The molecule has 4 aliphatic carbocycles. The van der Waals surface area contributed by atoms with Crippen LogP contribution in [-0.4, -0.2) is 0 Å². The highest BCUT2D eigenvalue weighted by atomic mass is 14.5. The maximum Gasteiger partial charge on any atom is -0.0233 e. The van der Waals surface area contributed by atoms with Gasteiger partial charge in [-0.3, -0.25) is 0 Å². The summed E-state index contributed by atoms with van der Waals surface area (Å²) in [7, 11) is 0. The lowest BCUT2D eigenvalue weighted by atomic mass is 9.56. The number of hydrogen-bond donors (Lipinski definition) is 1. The van der Waals surface area contributed by atoms with Gasteiger partial charge in [-0.15, -0.1) is 0 Å². The first-order valence-electron chi connectivity index (χ1n) is 4.73. The van der Waals surface area contributed by atoms with E-state index in [-0.39, 0.29) is 6.15 Å². The van der Waals surface area contributed by atoms with Gasteiger partial charge in [0.25, 0.3) is 0 Å². The largest absolute Gasteiger partial charge is 0.344 e. The zero-order valence-corrected chi connectivity index (χ0v) is 7.18. The monoisotopic (exact) mass is 152 g/mol. The predicted molar refractivity (Wildman–Crippen MR) is 46.4 cm³/mol. The van der Waals surface area contributed by atoms with Crippen LogP contribution in [0, 0.1) is 23.7 Å². The summed E-state index contributed by atoms with van der Waals surface area (Å²) in [6.07, 6.45) is 9.31. The van der Waals surface area contributed by atoms with E-state index in [0.29, 0.717) is 0 Å². The molecule has 4 aliphatic rings. The van der Waals surface area contributed by atoms with Crippen LogP contribution in [0.3, 0.4) is 0 Å². The number of hydrogen-bond acceptors (Lipinski definition) is 1. The lowest BCUT2D eigenvalue weighted by Crippen LogP contribution is -2.37. The second-order valence-corrected chi connectivity index (χ2v) is 4.67. The molecule has 11 heavy (non-hydrogen) atoms. The zero-order chi connectivity index (χ0) is 6.55. The second-order valence-electron chi connectivity index (χ2n) is 4.67. The molecule has 4 fully saturated rings. The molecule has 0 aromatic heterocycles. The van der Waals surface area contributed by atoms with Crippen LogP contribution in [0.5, 0.6) is 0 Å². The number of rotatable bonds is 0. The highest BCUT2D eigenvalue weighted by molar-refractivity contribution is 5.08. The zero-order valence-electron chi connectivity index (χ0n) is 7.18. The van der Waals surface area contributed by atoms with E-state index < -0.39 is 0 Å². The van der Waals surface area contributed by atoms with Crippen molar-refractivity contribution in [2.45, 2.75) is 38.5 Å². The molecule has 0 unspecified atom stereocenters. The summed E-state index contributed by atoms with van der Waals surface area (Å²) in [5.74, 6) is 5.35. The Hall–Kier alpha value is -0.0400. The highest BCUT2D eigenvalue weighted by Crippen LogP contribution is 2.54. The molecule has 0 aliphatic heterocycles. The minimum Gasteiger partial charge on any atom is -0.344 e. The Bertz CT molecular complexity index is 96.4. The molecule has 0 atom stereocenters. The molecule has 3 N–H and O–H groups in total. The first-order chi connectivity index (χ1) is 4.90. The lowest BCUT2D eigenvalue weighted by molar-refractivity contribution is 0.0920. The molecule has 0 spiro atoms. The fourth-order valence-electron chi connectivity index (χ4n) is 3.68. The van der Waals surface area contributed by atoms with Crippen LogP contribution < -0.4 is 6.15 Å². The van der Waals surface area contributed by atoms with Gasteiger partial charge in [-0.05, 0) is 62.2 Å². The fourth-order valence-corrected chi connectivity index (χ4v) is 3.68. The smallest absolute Gasteiger partial charge is 0.0233 e. The Balaban J connectivity index is 0.000000480. The van der Waals surface area contributed by atoms with E-state index in [9.17, 15) is 0 Å². The van der Waals surface area contributed by atoms with Crippen LogP contribution >= 0.6 is 0 Å². The minimum atomic E-state index is 0. The molecular weight excluding hydrogens is 134 g/mol. The molecule has 63 valence electrons. The third kappa shape index (κ3) is 1.10. The highest BCUT2D eigenvalue weighted by Gasteiger charge is 2.42. The Labute approximate surface area is 69.1 Å². The molecule has 4 bridgehead atoms. The van der Waals surface area contributed by atoms with Crippen molar-refractivity contribution in [3.05, 3.63) is 5.92 Å². The van der Waals surface area contributed by atoms with Crippen molar-refractivity contribution in [3.8, 4) is 0 Å². The van der Waals surface area contributed by atoms with Crippen molar-refractivity contribution in [1.29, 1.82) is 0 Å². The Kier molecular flexibility index (Phi) is 1.71. The molecule has 0 amide bonds. The van der Waals surface area contributed by atoms with Crippen LogP contribution in [0.1, 0.15) is 38.5 Å². The normalized spacial score (nSPS) is 47.5. The molecule has 0 heterocycles. The summed E-state index contributed by atoms with van der Waals surface area (Å²) in [4.78, 5) is 0. The van der Waals surface area contributed by atoms with Gasteiger partial charge in [-0.2, -0.15) is 0 Å². The van der Waals surface area contributed by atoms with Gasteiger partial charge in [0.05, 0.1) is 0 Å². The minimum absolute atomic E-state index is 0. The molecule has 1 heteroatoms. The van der Waals surface area contributed by atoms with Crippen LogP contribution in [0.2, 0.25) is 0 Å². The van der Waals surface area contributed by atoms with E-state index in [2.05, 4.69) is 0 Å². The Morgan fingerprint density at radius 3 is 1.36 bits per heavy atom. The quantitative estimate of drug-likeness (QED) is 0.569. The van der Waals surface area contributed by atoms with E-state index in [4.69, 9.17) is 0 Å². The topological polar surface area (TPSA) is 35.0 Å². The Morgan fingerprint density at radius 1 is 0.727 bits per heavy atom.